The zero-order chi connectivity index (χ0) is 34.1. The summed E-state index contributed by atoms with van der Waals surface area (Å²) in [5.41, 5.74) is 13.7. The van der Waals surface area contributed by atoms with Gasteiger partial charge in [0.1, 0.15) is 0 Å². The third kappa shape index (κ3) is 4.75. The number of nitrogens with zero attached hydrogens (tertiary/aromatic N) is 1. The number of hydrogen-bond donors (Lipinski definition) is 0. The Balaban J connectivity index is 1.15. The topological polar surface area (TPSA) is 3.24 Å². The van der Waals surface area contributed by atoms with E-state index in [4.69, 9.17) is 0 Å². The van der Waals surface area contributed by atoms with Gasteiger partial charge in [-0.25, -0.2) is 0 Å². The monoisotopic (exact) mass is 669 g/mol. The molecule has 0 spiro atoms. The maximum absolute atomic E-state index is 2.45. The summed E-state index contributed by atoms with van der Waals surface area (Å²) in [6, 6.07) is 64.6. The maximum atomic E-state index is 2.45. The average molecular weight is 670 g/mol. The molecule has 1 heterocycles. The molecule has 10 rings (SSSR count). The van der Waals surface area contributed by atoms with Gasteiger partial charge >= 0.3 is 0 Å². The van der Waals surface area contributed by atoms with Gasteiger partial charge < -0.3 is 4.90 Å². The summed E-state index contributed by atoms with van der Waals surface area (Å²) in [4.78, 5) is 2.43. The molecule has 1 aromatic heterocycles. The highest BCUT2D eigenvalue weighted by molar-refractivity contribution is 7.26. The van der Waals surface area contributed by atoms with Crippen molar-refractivity contribution in [3.63, 3.8) is 0 Å². The molecule has 0 saturated heterocycles. The van der Waals surface area contributed by atoms with Crippen LogP contribution in [0.2, 0.25) is 0 Å². The summed E-state index contributed by atoms with van der Waals surface area (Å²) in [6.45, 7) is 4.78. The second kappa shape index (κ2) is 11.6. The Morgan fingerprint density at radius 1 is 0.431 bits per heavy atom. The molecule has 0 radical (unpaired) electrons. The standard InChI is InChI=1S/C49H35NS/c1-49(2)44-29-28-42-41-19-8-9-21-46(41)51-48(42)47(44)43-27-26-38(31-45(43)49)50(36-24-22-33(23-25-36)32-12-4-3-5-13-32)37-17-10-16-35(30-37)40-20-11-15-34-14-6-7-18-39(34)40/h3-31H,1-2H3. The van der Waals surface area contributed by atoms with Crippen molar-refractivity contribution in [2.24, 2.45) is 0 Å². The number of thiophene rings is 1. The van der Waals surface area contributed by atoms with Crippen LogP contribution >= 0.6 is 11.3 Å². The molecular weight excluding hydrogens is 635 g/mol. The van der Waals surface area contributed by atoms with E-state index in [1.165, 1.54) is 75.5 Å². The van der Waals surface area contributed by atoms with Crippen molar-refractivity contribution in [1.29, 1.82) is 0 Å². The van der Waals surface area contributed by atoms with Crippen molar-refractivity contribution >= 4 is 59.3 Å². The molecular formula is C49H35NS. The van der Waals surface area contributed by atoms with Gasteiger partial charge in [0.25, 0.3) is 0 Å². The summed E-state index contributed by atoms with van der Waals surface area (Å²) < 4.78 is 2.74. The Morgan fingerprint density at radius 3 is 1.96 bits per heavy atom. The first-order chi connectivity index (χ1) is 25.0. The number of hydrogen-bond acceptors (Lipinski definition) is 2. The summed E-state index contributed by atoms with van der Waals surface area (Å²) in [5.74, 6) is 0. The molecule has 0 amide bonds. The number of benzene rings is 8. The first-order valence-corrected chi connectivity index (χ1v) is 18.5. The molecule has 1 nitrogen and oxygen atoms in total. The van der Waals surface area contributed by atoms with Gasteiger partial charge in [-0.1, -0.05) is 147 Å². The zero-order valence-electron chi connectivity index (χ0n) is 28.6. The Labute approximate surface area is 302 Å². The lowest BCUT2D eigenvalue weighted by molar-refractivity contribution is 0.661. The summed E-state index contributed by atoms with van der Waals surface area (Å²) in [6.07, 6.45) is 0. The van der Waals surface area contributed by atoms with Gasteiger partial charge in [-0.15, -0.1) is 11.3 Å². The molecule has 51 heavy (non-hydrogen) atoms. The molecule has 1 aliphatic carbocycles. The fraction of sp³-hybridized carbons (Fsp3) is 0.0612. The van der Waals surface area contributed by atoms with Crippen molar-refractivity contribution in [1.82, 2.24) is 0 Å². The molecule has 0 atom stereocenters. The van der Waals surface area contributed by atoms with E-state index >= 15 is 0 Å². The van der Waals surface area contributed by atoms with Gasteiger partial charge in [0.15, 0.2) is 0 Å². The van der Waals surface area contributed by atoms with Gasteiger partial charge in [0.05, 0.1) is 0 Å². The van der Waals surface area contributed by atoms with Crippen molar-refractivity contribution in [2.75, 3.05) is 4.90 Å². The third-order valence-electron chi connectivity index (χ3n) is 10.9. The largest absolute Gasteiger partial charge is 0.310 e. The highest BCUT2D eigenvalue weighted by atomic mass is 32.1. The van der Waals surface area contributed by atoms with Crippen LogP contribution in [0.15, 0.2) is 176 Å². The molecule has 1 aliphatic rings. The van der Waals surface area contributed by atoms with E-state index in [0.717, 1.165) is 17.1 Å². The van der Waals surface area contributed by atoms with E-state index in [1.54, 1.807) is 0 Å². The van der Waals surface area contributed by atoms with Gasteiger partial charge in [-0.05, 0) is 92.2 Å². The lowest BCUT2D eigenvalue weighted by Crippen LogP contribution is -2.16. The Kier molecular flexibility index (Phi) is 6.78. The minimum atomic E-state index is -0.140. The van der Waals surface area contributed by atoms with Crippen LogP contribution in [-0.2, 0) is 5.41 Å². The first-order valence-electron chi connectivity index (χ1n) is 17.7. The predicted octanol–water partition coefficient (Wildman–Crippen LogP) is 14.3. The van der Waals surface area contributed by atoms with Crippen molar-refractivity contribution in [3.05, 3.63) is 187 Å². The van der Waals surface area contributed by atoms with E-state index < -0.39 is 0 Å². The highest BCUT2D eigenvalue weighted by Crippen LogP contribution is 2.55. The Morgan fingerprint density at radius 2 is 1.10 bits per heavy atom. The second-order valence-corrected chi connectivity index (χ2v) is 15.2. The molecule has 0 unspecified atom stereocenters. The van der Waals surface area contributed by atoms with E-state index in [0.29, 0.717) is 0 Å². The van der Waals surface area contributed by atoms with Gasteiger partial charge in [0, 0.05) is 48.2 Å². The molecule has 2 heteroatoms. The summed E-state index contributed by atoms with van der Waals surface area (Å²) in [7, 11) is 0. The highest BCUT2D eigenvalue weighted by Gasteiger charge is 2.37. The number of anilines is 3. The lowest BCUT2D eigenvalue weighted by Gasteiger charge is -2.28. The quantitative estimate of drug-likeness (QED) is 0.176. The Bertz CT molecular complexity index is 2770. The van der Waals surface area contributed by atoms with Crippen LogP contribution in [0.3, 0.4) is 0 Å². The normalized spacial score (nSPS) is 13.1. The van der Waals surface area contributed by atoms with E-state index in [2.05, 4.69) is 195 Å². The summed E-state index contributed by atoms with van der Waals surface area (Å²) in [5, 5.41) is 5.22. The van der Waals surface area contributed by atoms with Crippen LogP contribution in [-0.4, -0.2) is 0 Å². The van der Waals surface area contributed by atoms with Gasteiger partial charge in [0.2, 0.25) is 0 Å². The SMILES string of the molecule is CC1(C)c2cc(N(c3ccc(-c4ccccc4)cc3)c3cccc(-c4cccc5ccccc45)c3)ccc2-c2c1ccc1c2sc2ccccc21. The molecule has 8 aromatic carbocycles. The number of rotatable bonds is 5. The van der Waals surface area contributed by atoms with Crippen LogP contribution in [0, 0.1) is 0 Å². The van der Waals surface area contributed by atoms with E-state index in [1.807, 2.05) is 11.3 Å². The average Bonchev–Trinajstić information content (AvgIpc) is 3.67. The molecule has 0 fully saturated rings. The Hall–Kier alpha value is -5.96. The first kappa shape index (κ1) is 29.9. The second-order valence-electron chi connectivity index (χ2n) is 14.1. The van der Waals surface area contributed by atoms with Crippen LogP contribution in [0.5, 0.6) is 0 Å². The van der Waals surface area contributed by atoms with Crippen LogP contribution in [0.4, 0.5) is 17.1 Å². The van der Waals surface area contributed by atoms with Crippen LogP contribution < -0.4 is 4.90 Å². The molecule has 0 N–H and O–H groups in total. The minimum absolute atomic E-state index is 0.140. The third-order valence-corrected chi connectivity index (χ3v) is 12.1. The predicted molar refractivity (Wildman–Crippen MR) is 220 cm³/mol. The zero-order valence-corrected chi connectivity index (χ0v) is 29.4. The molecule has 242 valence electrons. The van der Waals surface area contributed by atoms with E-state index in [-0.39, 0.29) is 5.41 Å². The fourth-order valence-corrected chi connectivity index (χ4v) is 9.56. The van der Waals surface area contributed by atoms with Crippen molar-refractivity contribution in [3.8, 4) is 33.4 Å². The number of fused-ring (bicyclic) bond motifs is 8. The molecule has 0 aliphatic heterocycles. The molecule has 9 aromatic rings. The van der Waals surface area contributed by atoms with Gasteiger partial charge in [-0.2, -0.15) is 0 Å². The van der Waals surface area contributed by atoms with E-state index in [9.17, 15) is 0 Å². The van der Waals surface area contributed by atoms with Crippen molar-refractivity contribution < 1.29 is 0 Å². The molecule has 0 bridgehead atoms. The minimum Gasteiger partial charge on any atom is -0.310 e. The summed E-state index contributed by atoms with van der Waals surface area (Å²) >= 11 is 1.92. The van der Waals surface area contributed by atoms with Crippen LogP contribution in [0.25, 0.3) is 64.3 Å². The fourth-order valence-electron chi connectivity index (χ4n) is 8.30. The lowest BCUT2D eigenvalue weighted by atomic mass is 9.82. The maximum Gasteiger partial charge on any atom is 0.0467 e. The smallest absolute Gasteiger partial charge is 0.0467 e. The molecule has 0 saturated carbocycles. The van der Waals surface area contributed by atoms with Crippen LogP contribution in [0.1, 0.15) is 25.0 Å². The van der Waals surface area contributed by atoms with Gasteiger partial charge in [-0.3, -0.25) is 0 Å². The van der Waals surface area contributed by atoms with Crippen molar-refractivity contribution in [2.45, 2.75) is 19.3 Å².